The molecule has 1 nitrogen and oxygen atoms in total. The van der Waals surface area contributed by atoms with E-state index < -0.39 is 0 Å². The summed E-state index contributed by atoms with van der Waals surface area (Å²) in [6.45, 7) is 11.8. The molecule has 60 valence electrons. The average molecular weight is 149 g/mol. The molecule has 0 rings (SSSR count). The van der Waals surface area contributed by atoms with Crippen molar-refractivity contribution in [2.75, 3.05) is 0 Å². The molecular weight excluding hydrogens is 134 g/mol. The first-order valence-corrected chi connectivity index (χ1v) is 3.65. The van der Waals surface area contributed by atoms with E-state index in [1.807, 2.05) is 13.0 Å². The molecule has 0 spiro atoms. The molecular formula is C10H15N. The summed E-state index contributed by atoms with van der Waals surface area (Å²) in [6.07, 6.45) is 1.94. The van der Waals surface area contributed by atoms with Gasteiger partial charge in [-0.3, -0.25) is 0 Å². The quantitative estimate of drug-likeness (QED) is 0.415. The van der Waals surface area contributed by atoms with Crippen molar-refractivity contribution in [1.82, 2.24) is 0 Å². The van der Waals surface area contributed by atoms with Gasteiger partial charge in [0.25, 0.3) is 0 Å². The highest BCUT2D eigenvalue weighted by molar-refractivity contribution is 5.39. The Kier molecular flexibility index (Phi) is 3.07. The van der Waals surface area contributed by atoms with Crippen molar-refractivity contribution in [1.29, 1.82) is 5.26 Å². The summed E-state index contributed by atoms with van der Waals surface area (Å²) in [6, 6.07) is 2.12. The molecule has 0 unspecified atom stereocenters. The first-order valence-electron chi connectivity index (χ1n) is 3.65. The zero-order valence-corrected chi connectivity index (χ0v) is 7.73. The number of nitrogens with zero attached hydrogens (tertiary/aromatic N) is 1. The predicted molar refractivity (Wildman–Crippen MR) is 48.0 cm³/mol. The maximum Gasteiger partial charge on any atom is 0.0991 e. The van der Waals surface area contributed by atoms with Crippen molar-refractivity contribution < 1.29 is 0 Å². The highest BCUT2D eigenvalue weighted by Crippen LogP contribution is 2.19. The molecule has 0 aliphatic carbocycles. The smallest absolute Gasteiger partial charge is 0.0991 e. The summed E-state index contributed by atoms with van der Waals surface area (Å²) >= 11 is 0. The molecule has 0 atom stereocenters. The highest BCUT2D eigenvalue weighted by Gasteiger charge is 2.08. The van der Waals surface area contributed by atoms with E-state index in [4.69, 9.17) is 5.26 Å². The van der Waals surface area contributed by atoms with E-state index in [2.05, 4.69) is 33.4 Å². The molecule has 0 saturated heterocycles. The number of nitriles is 1. The fourth-order valence-electron chi connectivity index (χ4n) is 0.684. The van der Waals surface area contributed by atoms with Gasteiger partial charge in [0.05, 0.1) is 11.6 Å². The van der Waals surface area contributed by atoms with Crippen LogP contribution in [0.4, 0.5) is 0 Å². The van der Waals surface area contributed by atoms with Gasteiger partial charge in [0.15, 0.2) is 0 Å². The van der Waals surface area contributed by atoms with Crippen molar-refractivity contribution in [2.24, 2.45) is 5.41 Å². The Bertz CT molecular complexity index is 220. The lowest BCUT2D eigenvalue weighted by atomic mass is 9.92. The number of hydrogen-bond acceptors (Lipinski definition) is 1. The number of hydrogen-bond donors (Lipinski definition) is 0. The third-order valence-corrected chi connectivity index (χ3v) is 1.16. The molecule has 0 saturated carbocycles. The highest BCUT2D eigenvalue weighted by atomic mass is 14.3. The zero-order valence-electron chi connectivity index (χ0n) is 7.73. The van der Waals surface area contributed by atoms with Crippen molar-refractivity contribution in [2.45, 2.75) is 27.7 Å². The minimum atomic E-state index is 0.0595. The van der Waals surface area contributed by atoms with Gasteiger partial charge in [0, 0.05) is 0 Å². The Labute approximate surface area is 69.0 Å². The van der Waals surface area contributed by atoms with Gasteiger partial charge < -0.3 is 0 Å². The predicted octanol–water partition coefficient (Wildman–Crippen LogP) is 3.06. The van der Waals surface area contributed by atoms with Crippen LogP contribution in [-0.2, 0) is 0 Å². The molecule has 0 aromatic heterocycles. The normalized spacial score (nSPS) is 12.5. The maximum atomic E-state index is 8.68. The standard InChI is InChI=1S/C10H15N/c1-8(2)9(7-11)6-10(3,4)5/h6H,1H2,2-5H3/b9-6+. The zero-order chi connectivity index (χ0) is 9.07. The van der Waals surface area contributed by atoms with Crippen LogP contribution in [-0.4, -0.2) is 0 Å². The van der Waals surface area contributed by atoms with Crippen molar-refractivity contribution >= 4 is 0 Å². The molecule has 0 amide bonds. The lowest BCUT2D eigenvalue weighted by Gasteiger charge is -2.12. The van der Waals surface area contributed by atoms with Crippen molar-refractivity contribution in [3.8, 4) is 6.07 Å². The summed E-state index contributed by atoms with van der Waals surface area (Å²) in [7, 11) is 0. The van der Waals surface area contributed by atoms with E-state index in [0.29, 0.717) is 5.57 Å². The molecule has 0 aliphatic rings. The second kappa shape index (κ2) is 3.39. The van der Waals surface area contributed by atoms with E-state index in [-0.39, 0.29) is 5.41 Å². The molecule has 0 radical (unpaired) electrons. The first-order chi connectivity index (χ1) is 4.87. The Morgan fingerprint density at radius 2 is 1.91 bits per heavy atom. The van der Waals surface area contributed by atoms with Crippen LogP contribution in [0.2, 0.25) is 0 Å². The Balaban J connectivity index is 4.68. The lowest BCUT2D eigenvalue weighted by Crippen LogP contribution is -2.01. The van der Waals surface area contributed by atoms with Gasteiger partial charge >= 0.3 is 0 Å². The molecule has 0 heterocycles. The first kappa shape index (κ1) is 9.97. The fourth-order valence-corrected chi connectivity index (χ4v) is 0.684. The second-order valence-corrected chi connectivity index (χ2v) is 3.82. The van der Waals surface area contributed by atoms with Crippen molar-refractivity contribution in [3.63, 3.8) is 0 Å². The van der Waals surface area contributed by atoms with Gasteiger partial charge in [-0.05, 0) is 17.9 Å². The minimum absolute atomic E-state index is 0.0595. The Morgan fingerprint density at radius 1 is 1.45 bits per heavy atom. The number of allylic oxidation sites excluding steroid dienone is 3. The monoisotopic (exact) mass is 149 g/mol. The van der Waals surface area contributed by atoms with Crippen LogP contribution in [0.15, 0.2) is 23.8 Å². The van der Waals surface area contributed by atoms with E-state index in [0.717, 1.165) is 5.57 Å². The maximum absolute atomic E-state index is 8.68. The van der Waals surface area contributed by atoms with Gasteiger partial charge in [-0.1, -0.05) is 33.4 Å². The molecule has 0 aromatic carbocycles. The van der Waals surface area contributed by atoms with Gasteiger partial charge in [0.1, 0.15) is 0 Å². The van der Waals surface area contributed by atoms with Crippen LogP contribution in [0.25, 0.3) is 0 Å². The summed E-state index contributed by atoms with van der Waals surface area (Å²) in [5.41, 5.74) is 1.59. The van der Waals surface area contributed by atoms with Gasteiger partial charge in [0.2, 0.25) is 0 Å². The summed E-state index contributed by atoms with van der Waals surface area (Å²) in [5, 5.41) is 8.68. The van der Waals surface area contributed by atoms with Crippen LogP contribution >= 0.6 is 0 Å². The molecule has 0 aromatic rings. The SMILES string of the molecule is C=C(C)/C(C#N)=C/C(C)(C)C. The van der Waals surface area contributed by atoms with E-state index in [9.17, 15) is 0 Å². The van der Waals surface area contributed by atoms with Crippen LogP contribution in [0, 0.1) is 16.7 Å². The van der Waals surface area contributed by atoms with Gasteiger partial charge in [-0.15, -0.1) is 0 Å². The van der Waals surface area contributed by atoms with Crippen LogP contribution < -0.4 is 0 Å². The molecule has 0 aliphatic heterocycles. The number of rotatable bonds is 1. The molecule has 1 heteroatoms. The van der Waals surface area contributed by atoms with Gasteiger partial charge in [-0.2, -0.15) is 5.26 Å². The van der Waals surface area contributed by atoms with Crippen LogP contribution in [0.3, 0.4) is 0 Å². The Morgan fingerprint density at radius 3 is 2.00 bits per heavy atom. The fraction of sp³-hybridized carbons (Fsp3) is 0.500. The summed E-state index contributed by atoms with van der Waals surface area (Å²) in [4.78, 5) is 0. The Hall–Kier alpha value is -1.03. The summed E-state index contributed by atoms with van der Waals surface area (Å²) < 4.78 is 0. The lowest BCUT2D eigenvalue weighted by molar-refractivity contribution is 0.542. The molecule has 11 heavy (non-hydrogen) atoms. The largest absolute Gasteiger partial charge is 0.192 e. The summed E-state index contributed by atoms with van der Waals surface area (Å²) in [5.74, 6) is 0. The van der Waals surface area contributed by atoms with Crippen molar-refractivity contribution in [3.05, 3.63) is 23.8 Å². The molecule has 0 bridgehead atoms. The third kappa shape index (κ3) is 4.38. The van der Waals surface area contributed by atoms with E-state index in [1.54, 1.807) is 0 Å². The van der Waals surface area contributed by atoms with Crippen LogP contribution in [0.1, 0.15) is 27.7 Å². The van der Waals surface area contributed by atoms with Gasteiger partial charge in [-0.25, -0.2) is 0 Å². The van der Waals surface area contributed by atoms with E-state index in [1.165, 1.54) is 0 Å². The minimum Gasteiger partial charge on any atom is -0.192 e. The molecule has 0 fully saturated rings. The molecule has 0 N–H and O–H groups in total. The van der Waals surface area contributed by atoms with E-state index >= 15 is 0 Å². The third-order valence-electron chi connectivity index (χ3n) is 1.16. The second-order valence-electron chi connectivity index (χ2n) is 3.82. The van der Waals surface area contributed by atoms with Crippen LogP contribution in [0.5, 0.6) is 0 Å². The topological polar surface area (TPSA) is 23.8 Å². The average Bonchev–Trinajstić information content (AvgIpc) is 1.80.